The second-order valence-corrected chi connectivity index (χ2v) is 7.73. The molecular weight excluding hydrogens is 336 g/mol. The summed E-state index contributed by atoms with van der Waals surface area (Å²) in [5.74, 6) is 1.00. The Labute approximate surface area is 152 Å². The maximum atomic E-state index is 12.8. The average molecular weight is 360 g/mol. The predicted octanol–water partition coefficient (Wildman–Crippen LogP) is 1.31. The number of hydrogen-bond acceptors (Lipinski definition) is 5. The van der Waals surface area contributed by atoms with E-state index < -0.39 is 0 Å². The SMILES string of the molecule is CN(CC1(C)COC1)C(=O)[C@@H]1CC(=O)N(c2ccc3c(c2)OCCO3)C1. The van der Waals surface area contributed by atoms with E-state index in [1.807, 2.05) is 25.2 Å². The van der Waals surface area contributed by atoms with Crippen molar-refractivity contribution in [3.05, 3.63) is 18.2 Å². The van der Waals surface area contributed by atoms with Gasteiger partial charge in [-0.15, -0.1) is 0 Å². The molecule has 3 aliphatic heterocycles. The van der Waals surface area contributed by atoms with Crippen molar-refractivity contribution in [1.82, 2.24) is 4.90 Å². The lowest BCUT2D eigenvalue weighted by Gasteiger charge is -2.41. The Hall–Kier alpha value is -2.28. The van der Waals surface area contributed by atoms with Crippen LogP contribution in [0.25, 0.3) is 0 Å². The molecule has 4 rings (SSSR count). The minimum absolute atomic E-state index is 0.0199. The van der Waals surface area contributed by atoms with Crippen molar-refractivity contribution in [2.75, 3.05) is 51.5 Å². The lowest BCUT2D eigenvalue weighted by molar-refractivity contribution is -0.145. The van der Waals surface area contributed by atoms with Crippen LogP contribution in [0, 0.1) is 11.3 Å². The molecule has 0 bridgehead atoms. The Morgan fingerprint density at radius 3 is 2.69 bits per heavy atom. The van der Waals surface area contributed by atoms with Gasteiger partial charge >= 0.3 is 0 Å². The number of carbonyl (C=O) groups excluding carboxylic acids is 2. The fraction of sp³-hybridized carbons (Fsp3) is 0.579. The summed E-state index contributed by atoms with van der Waals surface area (Å²) in [6.45, 7) is 5.55. The average Bonchev–Trinajstić information content (AvgIpc) is 3.01. The van der Waals surface area contributed by atoms with Crippen LogP contribution in [0.2, 0.25) is 0 Å². The van der Waals surface area contributed by atoms with Crippen LogP contribution in [-0.2, 0) is 14.3 Å². The molecule has 3 heterocycles. The summed E-state index contributed by atoms with van der Waals surface area (Å²) in [6.07, 6.45) is 0.241. The first-order valence-corrected chi connectivity index (χ1v) is 8.98. The molecule has 0 aliphatic carbocycles. The summed E-state index contributed by atoms with van der Waals surface area (Å²) in [5, 5.41) is 0. The van der Waals surface area contributed by atoms with Gasteiger partial charge in [0.15, 0.2) is 11.5 Å². The molecule has 140 valence electrons. The van der Waals surface area contributed by atoms with Gasteiger partial charge < -0.3 is 24.0 Å². The zero-order chi connectivity index (χ0) is 18.3. The molecule has 0 radical (unpaired) electrons. The Bertz CT molecular complexity index is 731. The van der Waals surface area contributed by atoms with E-state index in [1.165, 1.54) is 0 Å². The molecule has 1 aromatic carbocycles. The van der Waals surface area contributed by atoms with Crippen LogP contribution in [0.5, 0.6) is 11.5 Å². The number of fused-ring (bicyclic) bond motifs is 1. The summed E-state index contributed by atoms with van der Waals surface area (Å²) >= 11 is 0. The van der Waals surface area contributed by atoms with Crippen LogP contribution < -0.4 is 14.4 Å². The van der Waals surface area contributed by atoms with Gasteiger partial charge in [0.05, 0.1) is 19.1 Å². The monoisotopic (exact) mass is 360 g/mol. The molecule has 1 atom stereocenters. The maximum absolute atomic E-state index is 12.8. The normalized spacial score (nSPS) is 23.5. The van der Waals surface area contributed by atoms with Crippen molar-refractivity contribution in [3.8, 4) is 11.5 Å². The third kappa shape index (κ3) is 3.11. The summed E-state index contributed by atoms with van der Waals surface area (Å²) in [5.41, 5.74) is 0.777. The summed E-state index contributed by atoms with van der Waals surface area (Å²) < 4.78 is 16.4. The first kappa shape index (κ1) is 17.1. The largest absolute Gasteiger partial charge is 0.486 e. The van der Waals surface area contributed by atoms with Crippen LogP contribution in [0.3, 0.4) is 0 Å². The van der Waals surface area contributed by atoms with Crippen LogP contribution in [0.4, 0.5) is 5.69 Å². The fourth-order valence-electron chi connectivity index (χ4n) is 3.83. The standard InChI is InChI=1S/C19H24N2O5/c1-19(11-24-12-19)10-20(2)18(23)13-7-17(22)21(9-13)14-3-4-15-16(8-14)26-6-5-25-15/h3-4,8,13H,5-7,9-12H2,1-2H3/t13-/m1/s1. The lowest BCUT2D eigenvalue weighted by atomic mass is 9.88. The van der Waals surface area contributed by atoms with Crippen molar-refractivity contribution in [2.45, 2.75) is 13.3 Å². The van der Waals surface area contributed by atoms with Gasteiger partial charge in [-0.1, -0.05) is 6.92 Å². The number of amides is 2. The summed E-state index contributed by atoms with van der Waals surface area (Å²) in [4.78, 5) is 28.7. The van der Waals surface area contributed by atoms with Gasteiger partial charge in [-0.05, 0) is 12.1 Å². The highest BCUT2D eigenvalue weighted by atomic mass is 16.6. The topological polar surface area (TPSA) is 68.3 Å². The van der Waals surface area contributed by atoms with Gasteiger partial charge in [0, 0.05) is 43.7 Å². The molecule has 1 aromatic rings. The molecule has 0 unspecified atom stereocenters. The van der Waals surface area contributed by atoms with Gasteiger partial charge in [-0.3, -0.25) is 9.59 Å². The van der Waals surface area contributed by atoms with E-state index in [0.717, 1.165) is 5.69 Å². The zero-order valence-corrected chi connectivity index (χ0v) is 15.2. The molecule has 0 saturated carbocycles. The molecule has 0 aromatic heterocycles. The third-order valence-corrected chi connectivity index (χ3v) is 5.21. The first-order valence-electron chi connectivity index (χ1n) is 8.98. The van der Waals surface area contributed by atoms with Gasteiger partial charge in [0.1, 0.15) is 13.2 Å². The highest BCUT2D eigenvalue weighted by molar-refractivity contribution is 6.00. The van der Waals surface area contributed by atoms with Gasteiger partial charge in [0.2, 0.25) is 11.8 Å². The Kier molecular flexibility index (Phi) is 4.26. The Morgan fingerprint density at radius 2 is 2.00 bits per heavy atom. The zero-order valence-electron chi connectivity index (χ0n) is 15.2. The first-order chi connectivity index (χ1) is 12.5. The van der Waals surface area contributed by atoms with E-state index in [0.29, 0.717) is 51.0 Å². The van der Waals surface area contributed by atoms with Crippen LogP contribution in [0.1, 0.15) is 13.3 Å². The minimum atomic E-state index is -0.315. The van der Waals surface area contributed by atoms with Crippen LogP contribution in [-0.4, -0.2) is 63.3 Å². The highest BCUT2D eigenvalue weighted by Gasteiger charge is 2.40. The smallest absolute Gasteiger partial charge is 0.227 e. The second kappa shape index (κ2) is 6.46. The number of anilines is 1. The fourth-order valence-corrected chi connectivity index (χ4v) is 3.83. The third-order valence-electron chi connectivity index (χ3n) is 5.21. The number of hydrogen-bond donors (Lipinski definition) is 0. The van der Waals surface area contributed by atoms with Gasteiger partial charge in [-0.25, -0.2) is 0 Å². The van der Waals surface area contributed by atoms with Crippen molar-refractivity contribution in [1.29, 1.82) is 0 Å². The van der Waals surface area contributed by atoms with E-state index in [-0.39, 0.29) is 29.6 Å². The maximum Gasteiger partial charge on any atom is 0.227 e. The molecule has 7 nitrogen and oxygen atoms in total. The van der Waals surface area contributed by atoms with Gasteiger partial charge in [0.25, 0.3) is 0 Å². The predicted molar refractivity (Wildman–Crippen MR) is 94.5 cm³/mol. The molecular formula is C19H24N2O5. The Morgan fingerprint density at radius 1 is 1.27 bits per heavy atom. The number of ether oxygens (including phenoxy) is 3. The van der Waals surface area contributed by atoms with Crippen molar-refractivity contribution in [2.24, 2.45) is 11.3 Å². The van der Waals surface area contributed by atoms with Gasteiger partial charge in [-0.2, -0.15) is 0 Å². The Balaban J connectivity index is 1.44. The van der Waals surface area contributed by atoms with Crippen LogP contribution in [0.15, 0.2) is 18.2 Å². The highest BCUT2D eigenvalue weighted by Crippen LogP contribution is 2.36. The number of carbonyl (C=O) groups is 2. The molecule has 3 aliphatic rings. The van der Waals surface area contributed by atoms with E-state index >= 15 is 0 Å². The van der Waals surface area contributed by atoms with Crippen molar-refractivity contribution >= 4 is 17.5 Å². The van der Waals surface area contributed by atoms with E-state index in [1.54, 1.807) is 9.80 Å². The summed E-state index contributed by atoms with van der Waals surface area (Å²) in [7, 11) is 1.81. The van der Waals surface area contributed by atoms with Crippen molar-refractivity contribution in [3.63, 3.8) is 0 Å². The molecule has 26 heavy (non-hydrogen) atoms. The molecule has 7 heteroatoms. The molecule has 2 saturated heterocycles. The van der Waals surface area contributed by atoms with E-state index in [9.17, 15) is 9.59 Å². The number of nitrogens with zero attached hydrogens (tertiary/aromatic N) is 2. The number of rotatable bonds is 4. The van der Waals surface area contributed by atoms with Crippen molar-refractivity contribution < 1.29 is 23.8 Å². The number of benzene rings is 1. The lowest BCUT2D eigenvalue weighted by Crippen LogP contribution is -2.50. The molecule has 2 fully saturated rings. The summed E-state index contributed by atoms with van der Waals surface area (Å²) in [6, 6.07) is 5.47. The second-order valence-electron chi connectivity index (χ2n) is 7.73. The molecule has 0 N–H and O–H groups in total. The van der Waals surface area contributed by atoms with Crippen LogP contribution >= 0.6 is 0 Å². The van der Waals surface area contributed by atoms with E-state index in [2.05, 4.69) is 6.92 Å². The van der Waals surface area contributed by atoms with E-state index in [4.69, 9.17) is 14.2 Å². The molecule has 2 amide bonds. The quantitative estimate of drug-likeness (QED) is 0.810. The minimum Gasteiger partial charge on any atom is -0.486 e. The molecule has 0 spiro atoms.